The molecule has 4 N–H and O–H groups in total. The highest BCUT2D eigenvalue weighted by Crippen LogP contribution is 2.16. The fraction of sp³-hybridized carbons (Fsp3) is 0. The molecule has 2 rings (SSSR count). The maximum atomic E-state index is 11.6. The second kappa shape index (κ2) is 3.99. The number of aromatic amines is 1. The van der Waals surface area contributed by atoms with Crippen molar-refractivity contribution >= 4 is 23.4 Å². The highest BCUT2D eigenvalue weighted by molar-refractivity contribution is 6.30. The van der Waals surface area contributed by atoms with Crippen molar-refractivity contribution in [1.82, 2.24) is 9.55 Å². The number of carboxylic acids is 1. The number of hydrogen-bond donors (Lipinski definition) is 3. The molecule has 1 aromatic heterocycles. The van der Waals surface area contributed by atoms with Crippen LogP contribution in [0.1, 0.15) is 10.5 Å². The summed E-state index contributed by atoms with van der Waals surface area (Å²) in [7, 11) is 0. The average Bonchev–Trinajstić information content (AvgIpc) is 2.55. The zero-order valence-corrected chi connectivity index (χ0v) is 9.23. The Labute approximate surface area is 100 Å². The van der Waals surface area contributed by atoms with Gasteiger partial charge in [-0.2, -0.15) is 0 Å². The number of aromatic nitrogens is 2. The predicted octanol–water partition coefficient (Wildman–Crippen LogP) is 1.10. The van der Waals surface area contributed by atoms with Gasteiger partial charge in [0.2, 0.25) is 0 Å². The van der Waals surface area contributed by atoms with Crippen molar-refractivity contribution in [3.63, 3.8) is 0 Å². The van der Waals surface area contributed by atoms with Gasteiger partial charge in [0.1, 0.15) is 5.82 Å². The number of halogens is 1. The summed E-state index contributed by atoms with van der Waals surface area (Å²) in [6.07, 6.45) is 0. The van der Waals surface area contributed by atoms with Gasteiger partial charge in [0.05, 0.1) is 5.69 Å². The third-order valence-electron chi connectivity index (χ3n) is 2.21. The zero-order chi connectivity index (χ0) is 12.6. The lowest BCUT2D eigenvalue weighted by atomic mass is 10.3. The van der Waals surface area contributed by atoms with E-state index in [1.54, 1.807) is 12.1 Å². The van der Waals surface area contributed by atoms with Crippen LogP contribution in [0.4, 0.5) is 5.82 Å². The first-order valence-corrected chi connectivity index (χ1v) is 4.98. The smallest absolute Gasteiger partial charge is 0.356 e. The molecule has 17 heavy (non-hydrogen) atoms. The van der Waals surface area contributed by atoms with E-state index in [9.17, 15) is 9.59 Å². The summed E-state index contributed by atoms with van der Waals surface area (Å²) in [5.74, 6) is -1.46. The topological polar surface area (TPSA) is 101 Å². The standard InChI is InChI=1S/C10H8ClN3O3/c11-5-1-3-6(4-2-5)14-7(9(15)16)8(12)13-10(14)17/h1-4H,12H2,(H,13,17)(H,15,16). The van der Waals surface area contributed by atoms with Crippen LogP contribution in [0.2, 0.25) is 5.02 Å². The van der Waals surface area contributed by atoms with E-state index in [4.69, 9.17) is 22.4 Å². The van der Waals surface area contributed by atoms with E-state index >= 15 is 0 Å². The van der Waals surface area contributed by atoms with Crippen LogP contribution in [-0.2, 0) is 0 Å². The Morgan fingerprint density at radius 3 is 2.47 bits per heavy atom. The monoisotopic (exact) mass is 253 g/mol. The Kier molecular flexibility index (Phi) is 2.64. The normalized spacial score (nSPS) is 10.4. The van der Waals surface area contributed by atoms with Gasteiger partial charge in [-0.05, 0) is 24.3 Å². The Bertz CT molecular complexity index is 627. The van der Waals surface area contributed by atoms with Crippen molar-refractivity contribution in [3.8, 4) is 5.69 Å². The minimum Gasteiger partial charge on any atom is -0.476 e. The number of anilines is 1. The number of nitrogen functional groups attached to an aromatic ring is 1. The van der Waals surface area contributed by atoms with E-state index in [-0.39, 0.29) is 11.5 Å². The van der Waals surface area contributed by atoms with Crippen molar-refractivity contribution in [2.45, 2.75) is 0 Å². The summed E-state index contributed by atoms with van der Waals surface area (Å²) in [6, 6.07) is 6.17. The lowest BCUT2D eigenvalue weighted by Gasteiger charge is -2.04. The van der Waals surface area contributed by atoms with Crippen molar-refractivity contribution in [1.29, 1.82) is 0 Å². The second-order valence-electron chi connectivity index (χ2n) is 3.31. The third-order valence-corrected chi connectivity index (χ3v) is 2.46. The summed E-state index contributed by atoms with van der Waals surface area (Å²) in [5, 5.41) is 9.48. The summed E-state index contributed by atoms with van der Waals surface area (Å²) in [6.45, 7) is 0. The van der Waals surface area contributed by atoms with Gasteiger partial charge in [0.15, 0.2) is 5.69 Å². The zero-order valence-electron chi connectivity index (χ0n) is 8.48. The minimum absolute atomic E-state index is 0.183. The summed E-state index contributed by atoms with van der Waals surface area (Å²) >= 11 is 5.71. The number of benzene rings is 1. The molecule has 2 aromatic rings. The lowest BCUT2D eigenvalue weighted by Crippen LogP contribution is -2.19. The van der Waals surface area contributed by atoms with Gasteiger partial charge in [-0.25, -0.2) is 9.59 Å². The minimum atomic E-state index is -1.28. The van der Waals surface area contributed by atoms with Crippen LogP contribution in [0.5, 0.6) is 0 Å². The Hall–Kier alpha value is -2.21. The van der Waals surface area contributed by atoms with Gasteiger partial charge in [-0.15, -0.1) is 0 Å². The summed E-state index contributed by atoms with van der Waals surface area (Å²) in [4.78, 5) is 24.8. The first-order chi connectivity index (χ1) is 8.00. The van der Waals surface area contributed by atoms with Gasteiger partial charge >= 0.3 is 11.7 Å². The molecule has 1 heterocycles. The van der Waals surface area contributed by atoms with Crippen LogP contribution in [0.15, 0.2) is 29.1 Å². The molecule has 0 aliphatic heterocycles. The number of nitrogens with two attached hydrogens (primary N) is 1. The molecular weight excluding hydrogens is 246 g/mol. The first kappa shape index (κ1) is 11.3. The lowest BCUT2D eigenvalue weighted by molar-refractivity contribution is 0.0689. The first-order valence-electron chi connectivity index (χ1n) is 4.60. The summed E-state index contributed by atoms with van der Waals surface area (Å²) < 4.78 is 0.980. The number of nitrogens with zero attached hydrogens (tertiary/aromatic N) is 1. The predicted molar refractivity (Wildman–Crippen MR) is 62.8 cm³/mol. The van der Waals surface area contributed by atoms with Crippen LogP contribution >= 0.6 is 11.6 Å². The van der Waals surface area contributed by atoms with E-state index in [0.29, 0.717) is 10.7 Å². The number of rotatable bonds is 2. The molecule has 0 aliphatic rings. The molecule has 0 atom stereocenters. The Morgan fingerprint density at radius 1 is 1.35 bits per heavy atom. The molecule has 88 valence electrons. The highest BCUT2D eigenvalue weighted by Gasteiger charge is 2.19. The van der Waals surface area contributed by atoms with E-state index in [1.807, 2.05) is 0 Å². The van der Waals surface area contributed by atoms with Crippen LogP contribution in [-0.4, -0.2) is 20.6 Å². The molecule has 0 radical (unpaired) electrons. The molecular formula is C10H8ClN3O3. The molecule has 0 saturated carbocycles. The number of hydrogen-bond acceptors (Lipinski definition) is 3. The number of imidazole rings is 1. The van der Waals surface area contributed by atoms with Gasteiger partial charge < -0.3 is 10.8 Å². The molecule has 0 amide bonds. The van der Waals surface area contributed by atoms with Crippen molar-refractivity contribution in [2.24, 2.45) is 0 Å². The van der Waals surface area contributed by atoms with Crippen molar-refractivity contribution in [3.05, 3.63) is 45.5 Å². The quantitative estimate of drug-likeness (QED) is 0.746. The average molecular weight is 254 g/mol. The molecule has 6 nitrogen and oxygen atoms in total. The molecule has 0 fully saturated rings. The van der Waals surface area contributed by atoms with Crippen molar-refractivity contribution < 1.29 is 9.90 Å². The molecule has 0 saturated heterocycles. The number of carbonyl (C=O) groups is 1. The Morgan fingerprint density at radius 2 is 1.94 bits per heavy atom. The van der Waals surface area contributed by atoms with Crippen LogP contribution < -0.4 is 11.4 Å². The molecule has 7 heteroatoms. The van der Waals surface area contributed by atoms with Crippen LogP contribution in [0, 0.1) is 0 Å². The molecule has 1 aromatic carbocycles. The Balaban J connectivity index is 2.70. The fourth-order valence-corrected chi connectivity index (χ4v) is 1.63. The van der Waals surface area contributed by atoms with E-state index in [0.717, 1.165) is 4.57 Å². The van der Waals surface area contributed by atoms with Crippen LogP contribution in [0.3, 0.4) is 0 Å². The third kappa shape index (κ3) is 1.90. The fourth-order valence-electron chi connectivity index (χ4n) is 1.50. The highest BCUT2D eigenvalue weighted by atomic mass is 35.5. The molecule has 0 aliphatic carbocycles. The molecule has 0 bridgehead atoms. The second-order valence-corrected chi connectivity index (χ2v) is 3.75. The van der Waals surface area contributed by atoms with Gasteiger partial charge in [-0.1, -0.05) is 11.6 Å². The van der Waals surface area contributed by atoms with E-state index in [1.165, 1.54) is 12.1 Å². The largest absolute Gasteiger partial charge is 0.476 e. The number of H-pyrrole nitrogens is 1. The van der Waals surface area contributed by atoms with Gasteiger partial charge in [0, 0.05) is 5.02 Å². The van der Waals surface area contributed by atoms with E-state index in [2.05, 4.69) is 4.98 Å². The van der Waals surface area contributed by atoms with Crippen molar-refractivity contribution in [2.75, 3.05) is 5.73 Å². The summed E-state index contributed by atoms with van der Waals surface area (Å²) in [5.41, 5.74) is 4.90. The molecule has 0 spiro atoms. The number of nitrogens with one attached hydrogen (secondary N) is 1. The maximum absolute atomic E-state index is 11.6. The van der Waals surface area contributed by atoms with Crippen LogP contribution in [0.25, 0.3) is 5.69 Å². The van der Waals surface area contributed by atoms with Gasteiger partial charge in [-0.3, -0.25) is 9.55 Å². The van der Waals surface area contributed by atoms with Gasteiger partial charge in [0.25, 0.3) is 0 Å². The maximum Gasteiger partial charge on any atom is 0.356 e. The SMILES string of the molecule is Nc1[nH]c(=O)n(-c2ccc(Cl)cc2)c1C(=O)O. The number of carboxylic acid groups (broad SMARTS) is 1. The van der Waals surface area contributed by atoms with E-state index < -0.39 is 11.7 Å². The number of aromatic carboxylic acids is 1. The molecule has 0 unspecified atom stereocenters.